The standard InChI is InChI=1S/C22H25N3O2/c1-16-21(9-12-25-10-3-4-11-25)24-22(27-16)18-7-5-17(6-8-18)19-13-20(26-2)15-23-14-19/h5-8,13-15H,3-4,9-12H2,1-2H3. The molecule has 3 heterocycles. The van der Waals surface area contributed by atoms with Crippen LogP contribution in [0.2, 0.25) is 0 Å². The van der Waals surface area contributed by atoms with Gasteiger partial charge in [-0.1, -0.05) is 12.1 Å². The van der Waals surface area contributed by atoms with Crippen LogP contribution in [0.3, 0.4) is 0 Å². The van der Waals surface area contributed by atoms with Gasteiger partial charge in [0, 0.05) is 30.3 Å². The first kappa shape index (κ1) is 17.7. The molecule has 1 aliphatic heterocycles. The second kappa shape index (κ2) is 7.92. The first-order valence-electron chi connectivity index (χ1n) is 9.51. The molecule has 1 fully saturated rings. The van der Waals surface area contributed by atoms with Gasteiger partial charge in [-0.15, -0.1) is 0 Å². The van der Waals surface area contributed by atoms with E-state index >= 15 is 0 Å². The summed E-state index contributed by atoms with van der Waals surface area (Å²) >= 11 is 0. The predicted molar refractivity (Wildman–Crippen MR) is 106 cm³/mol. The number of likely N-dealkylation sites (tertiary alicyclic amines) is 1. The van der Waals surface area contributed by atoms with Gasteiger partial charge in [0.1, 0.15) is 11.5 Å². The quantitative estimate of drug-likeness (QED) is 0.651. The van der Waals surface area contributed by atoms with Crippen molar-refractivity contribution in [3.8, 4) is 28.3 Å². The molecular weight excluding hydrogens is 338 g/mol. The number of methoxy groups -OCH3 is 1. The van der Waals surface area contributed by atoms with Gasteiger partial charge in [0.2, 0.25) is 5.89 Å². The molecule has 5 nitrogen and oxygen atoms in total. The Balaban J connectivity index is 1.49. The third-order valence-electron chi connectivity index (χ3n) is 5.17. The molecule has 1 saturated heterocycles. The zero-order chi connectivity index (χ0) is 18.6. The summed E-state index contributed by atoms with van der Waals surface area (Å²) in [7, 11) is 1.65. The fraction of sp³-hybridized carbons (Fsp3) is 0.364. The Morgan fingerprint density at radius 3 is 2.52 bits per heavy atom. The predicted octanol–water partition coefficient (Wildman–Crippen LogP) is 4.36. The number of benzene rings is 1. The second-order valence-electron chi connectivity index (χ2n) is 7.01. The van der Waals surface area contributed by atoms with E-state index in [1.165, 1.54) is 25.9 Å². The molecule has 0 atom stereocenters. The fourth-order valence-electron chi connectivity index (χ4n) is 3.55. The average Bonchev–Trinajstić information content (AvgIpc) is 3.36. The lowest BCUT2D eigenvalue weighted by Gasteiger charge is -2.12. The van der Waals surface area contributed by atoms with Crippen LogP contribution in [0.15, 0.2) is 47.1 Å². The highest BCUT2D eigenvalue weighted by molar-refractivity contribution is 5.67. The highest BCUT2D eigenvalue weighted by Gasteiger charge is 2.15. The smallest absolute Gasteiger partial charge is 0.226 e. The normalized spacial score (nSPS) is 14.6. The lowest BCUT2D eigenvalue weighted by molar-refractivity contribution is 0.341. The molecule has 2 aromatic heterocycles. The van der Waals surface area contributed by atoms with E-state index in [1.54, 1.807) is 13.3 Å². The van der Waals surface area contributed by atoms with Gasteiger partial charge in [0.15, 0.2) is 0 Å². The Labute approximate surface area is 160 Å². The Hall–Kier alpha value is -2.66. The monoisotopic (exact) mass is 363 g/mol. The van der Waals surface area contributed by atoms with Crippen LogP contribution in [0.4, 0.5) is 0 Å². The maximum Gasteiger partial charge on any atom is 0.226 e. The zero-order valence-electron chi connectivity index (χ0n) is 15.9. The third kappa shape index (κ3) is 4.03. The fourth-order valence-corrected chi connectivity index (χ4v) is 3.55. The van der Waals surface area contributed by atoms with Crippen LogP contribution < -0.4 is 4.74 Å². The van der Waals surface area contributed by atoms with Crippen molar-refractivity contribution in [3.63, 3.8) is 0 Å². The molecule has 0 unspecified atom stereocenters. The van der Waals surface area contributed by atoms with Crippen molar-refractivity contribution in [1.29, 1.82) is 0 Å². The summed E-state index contributed by atoms with van der Waals surface area (Å²) in [5.41, 5.74) is 4.17. The van der Waals surface area contributed by atoms with E-state index in [-0.39, 0.29) is 0 Å². The molecular formula is C22H25N3O2. The number of pyridine rings is 1. The lowest BCUT2D eigenvalue weighted by atomic mass is 10.1. The van der Waals surface area contributed by atoms with Crippen LogP contribution >= 0.6 is 0 Å². The summed E-state index contributed by atoms with van der Waals surface area (Å²) in [5.74, 6) is 2.37. The maximum absolute atomic E-state index is 5.94. The molecule has 0 bridgehead atoms. The number of aromatic nitrogens is 2. The Kier molecular flexibility index (Phi) is 5.21. The van der Waals surface area contributed by atoms with Gasteiger partial charge >= 0.3 is 0 Å². The molecule has 1 aliphatic rings. The van der Waals surface area contributed by atoms with Gasteiger partial charge < -0.3 is 14.1 Å². The van der Waals surface area contributed by atoms with Crippen molar-refractivity contribution in [2.24, 2.45) is 0 Å². The largest absolute Gasteiger partial charge is 0.495 e. The molecule has 4 rings (SSSR count). The number of hydrogen-bond acceptors (Lipinski definition) is 5. The first-order valence-corrected chi connectivity index (χ1v) is 9.51. The zero-order valence-corrected chi connectivity index (χ0v) is 15.9. The van der Waals surface area contributed by atoms with Gasteiger partial charge in [-0.05, 0) is 56.6 Å². The third-order valence-corrected chi connectivity index (χ3v) is 5.17. The molecule has 140 valence electrons. The van der Waals surface area contributed by atoms with E-state index in [2.05, 4.69) is 22.0 Å². The van der Waals surface area contributed by atoms with Crippen molar-refractivity contribution in [2.45, 2.75) is 26.2 Å². The summed E-state index contributed by atoms with van der Waals surface area (Å²) in [4.78, 5) is 11.5. The molecule has 3 aromatic rings. The second-order valence-corrected chi connectivity index (χ2v) is 7.01. The number of hydrogen-bond donors (Lipinski definition) is 0. The number of nitrogens with zero attached hydrogens (tertiary/aromatic N) is 3. The summed E-state index contributed by atoms with van der Waals surface area (Å²) in [6, 6.07) is 10.2. The van der Waals surface area contributed by atoms with E-state index in [0.29, 0.717) is 5.89 Å². The van der Waals surface area contributed by atoms with E-state index in [1.807, 2.05) is 31.3 Å². The van der Waals surface area contributed by atoms with Crippen molar-refractivity contribution in [3.05, 3.63) is 54.2 Å². The van der Waals surface area contributed by atoms with Gasteiger partial charge in [-0.2, -0.15) is 0 Å². The summed E-state index contributed by atoms with van der Waals surface area (Å²) in [6.07, 6.45) is 7.12. The molecule has 27 heavy (non-hydrogen) atoms. The first-order chi connectivity index (χ1) is 13.2. The van der Waals surface area contributed by atoms with Crippen LogP contribution in [0.25, 0.3) is 22.6 Å². The molecule has 0 spiro atoms. The number of aryl methyl sites for hydroxylation is 1. The van der Waals surface area contributed by atoms with Gasteiger partial charge in [-0.25, -0.2) is 4.98 Å². The van der Waals surface area contributed by atoms with E-state index in [4.69, 9.17) is 14.1 Å². The average molecular weight is 363 g/mol. The SMILES string of the molecule is COc1cncc(-c2ccc(-c3nc(CCN4CCCC4)c(C)o3)cc2)c1. The highest BCUT2D eigenvalue weighted by atomic mass is 16.5. The minimum Gasteiger partial charge on any atom is -0.495 e. The minimum atomic E-state index is 0.694. The molecule has 0 radical (unpaired) electrons. The van der Waals surface area contributed by atoms with E-state index in [0.717, 1.165) is 46.9 Å². The number of ether oxygens (including phenoxy) is 1. The lowest BCUT2D eigenvalue weighted by Crippen LogP contribution is -2.22. The number of oxazole rings is 1. The maximum atomic E-state index is 5.94. The van der Waals surface area contributed by atoms with E-state index < -0.39 is 0 Å². The molecule has 0 aliphatic carbocycles. The Morgan fingerprint density at radius 1 is 1.04 bits per heavy atom. The van der Waals surface area contributed by atoms with E-state index in [9.17, 15) is 0 Å². The van der Waals surface area contributed by atoms with Crippen molar-refractivity contribution in [1.82, 2.24) is 14.9 Å². The van der Waals surface area contributed by atoms with Crippen LogP contribution in [-0.4, -0.2) is 41.6 Å². The Morgan fingerprint density at radius 2 is 1.78 bits per heavy atom. The molecule has 0 saturated carbocycles. The van der Waals surface area contributed by atoms with Crippen molar-refractivity contribution >= 4 is 0 Å². The summed E-state index contributed by atoms with van der Waals surface area (Å²) in [5, 5.41) is 0. The van der Waals surface area contributed by atoms with Crippen LogP contribution in [0, 0.1) is 6.92 Å². The van der Waals surface area contributed by atoms with Gasteiger partial charge in [0.05, 0.1) is 19.0 Å². The van der Waals surface area contributed by atoms with Crippen molar-refractivity contribution in [2.75, 3.05) is 26.7 Å². The minimum absolute atomic E-state index is 0.694. The van der Waals surface area contributed by atoms with Gasteiger partial charge in [0.25, 0.3) is 0 Å². The van der Waals surface area contributed by atoms with Crippen molar-refractivity contribution < 1.29 is 9.15 Å². The summed E-state index contributed by atoms with van der Waals surface area (Å²) in [6.45, 7) is 5.50. The molecule has 1 aromatic carbocycles. The molecule has 0 amide bonds. The van der Waals surface area contributed by atoms with Crippen LogP contribution in [0.5, 0.6) is 5.75 Å². The molecule has 0 N–H and O–H groups in total. The van der Waals surface area contributed by atoms with Crippen LogP contribution in [0.1, 0.15) is 24.3 Å². The Bertz CT molecular complexity index is 896. The summed E-state index contributed by atoms with van der Waals surface area (Å²) < 4.78 is 11.2. The molecule has 5 heteroatoms. The van der Waals surface area contributed by atoms with Crippen LogP contribution in [-0.2, 0) is 6.42 Å². The number of rotatable bonds is 6. The topological polar surface area (TPSA) is 51.4 Å². The highest BCUT2D eigenvalue weighted by Crippen LogP contribution is 2.27. The van der Waals surface area contributed by atoms with Gasteiger partial charge in [-0.3, -0.25) is 4.98 Å².